The first-order chi connectivity index (χ1) is 6.88. The lowest BCUT2D eigenvalue weighted by atomic mass is 10.2. The number of nitrogens with zero attached hydrogens (tertiary/aromatic N) is 1. The van der Waals surface area contributed by atoms with Crippen molar-refractivity contribution >= 4 is 17.4 Å². The van der Waals surface area contributed by atoms with Crippen molar-refractivity contribution in [3.63, 3.8) is 0 Å². The number of thioether (sulfide) groups is 1. The Morgan fingerprint density at radius 2 is 2.14 bits per heavy atom. The van der Waals surface area contributed by atoms with Crippen LogP contribution in [0.1, 0.15) is 19.3 Å². The summed E-state index contributed by atoms with van der Waals surface area (Å²) in [7, 11) is 0. The number of rotatable bonds is 3. The highest BCUT2D eigenvalue weighted by atomic mass is 32.2. The Labute approximate surface area is 89.5 Å². The third kappa shape index (κ3) is 2.41. The minimum absolute atomic E-state index is 0.662. The molecule has 14 heavy (non-hydrogen) atoms. The molecule has 1 N–H and O–H groups in total. The van der Waals surface area contributed by atoms with Gasteiger partial charge in [0.05, 0.1) is 0 Å². The Bertz CT molecular complexity index is 276. The van der Waals surface area contributed by atoms with Crippen molar-refractivity contribution in [1.29, 1.82) is 0 Å². The fourth-order valence-corrected chi connectivity index (χ4v) is 2.77. The number of anilines is 1. The third-order valence-electron chi connectivity index (χ3n) is 2.77. The molecular formula is C11H16N2S. The Morgan fingerprint density at radius 3 is 2.79 bits per heavy atom. The molecule has 1 heterocycles. The maximum Gasteiger partial charge on any atom is 0.0373 e. The zero-order valence-corrected chi connectivity index (χ0v) is 9.26. The van der Waals surface area contributed by atoms with Crippen molar-refractivity contribution in [2.24, 2.45) is 0 Å². The first-order valence-corrected chi connectivity index (χ1v) is 6.36. The van der Waals surface area contributed by atoms with Crippen LogP contribution in [0.15, 0.2) is 24.5 Å². The molecule has 0 aromatic carbocycles. The summed E-state index contributed by atoms with van der Waals surface area (Å²) in [6.07, 6.45) is 9.83. The molecule has 0 spiro atoms. The van der Waals surface area contributed by atoms with Crippen molar-refractivity contribution in [3.05, 3.63) is 24.5 Å². The number of hydrogen-bond donors (Lipinski definition) is 1. The predicted octanol–water partition coefficient (Wildman–Crippen LogP) is 2.78. The molecule has 0 bridgehead atoms. The number of hydrogen-bond acceptors (Lipinski definition) is 3. The van der Waals surface area contributed by atoms with Gasteiger partial charge in [0.25, 0.3) is 0 Å². The van der Waals surface area contributed by atoms with Gasteiger partial charge in [-0.25, -0.2) is 0 Å². The quantitative estimate of drug-likeness (QED) is 0.826. The van der Waals surface area contributed by atoms with Crippen molar-refractivity contribution < 1.29 is 0 Å². The molecule has 2 unspecified atom stereocenters. The van der Waals surface area contributed by atoms with Crippen LogP contribution in [-0.4, -0.2) is 22.5 Å². The van der Waals surface area contributed by atoms with Gasteiger partial charge in [-0.1, -0.05) is 0 Å². The maximum absolute atomic E-state index is 4.01. The fraction of sp³-hybridized carbons (Fsp3) is 0.545. The van der Waals surface area contributed by atoms with E-state index in [1.165, 1.54) is 24.9 Å². The molecule has 1 aromatic rings. The van der Waals surface area contributed by atoms with Gasteiger partial charge in [0.1, 0.15) is 0 Å². The molecule has 1 fully saturated rings. The maximum atomic E-state index is 4.01. The van der Waals surface area contributed by atoms with Crippen molar-refractivity contribution in [2.75, 3.05) is 11.6 Å². The average Bonchev–Trinajstić information content (AvgIpc) is 2.67. The van der Waals surface area contributed by atoms with E-state index < -0.39 is 0 Å². The summed E-state index contributed by atoms with van der Waals surface area (Å²) in [6, 6.07) is 4.73. The molecule has 2 atom stereocenters. The molecule has 1 aliphatic rings. The monoisotopic (exact) mass is 208 g/mol. The van der Waals surface area contributed by atoms with Gasteiger partial charge < -0.3 is 5.32 Å². The molecule has 0 saturated heterocycles. The van der Waals surface area contributed by atoms with Crippen LogP contribution in [0.3, 0.4) is 0 Å². The van der Waals surface area contributed by atoms with Crippen LogP contribution in [0.4, 0.5) is 5.69 Å². The van der Waals surface area contributed by atoms with Gasteiger partial charge in [-0.15, -0.1) is 0 Å². The minimum atomic E-state index is 0.662. The van der Waals surface area contributed by atoms with E-state index in [0.29, 0.717) is 6.04 Å². The summed E-state index contributed by atoms with van der Waals surface area (Å²) < 4.78 is 0. The molecule has 76 valence electrons. The molecule has 2 nitrogen and oxygen atoms in total. The first-order valence-electron chi connectivity index (χ1n) is 5.08. The minimum Gasteiger partial charge on any atom is -0.382 e. The van der Waals surface area contributed by atoms with E-state index in [9.17, 15) is 0 Å². The molecular weight excluding hydrogens is 192 g/mol. The highest BCUT2D eigenvalue weighted by Crippen LogP contribution is 2.29. The highest BCUT2D eigenvalue weighted by Gasteiger charge is 2.23. The summed E-state index contributed by atoms with van der Waals surface area (Å²) in [5.41, 5.74) is 1.20. The van der Waals surface area contributed by atoms with Gasteiger partial charge in [-0.3, -0.25) is 4.98 Å². The van der Waals surface area contributed by atoms with E-state index in [1.807, 2.05) is 36.3 Å². The van der Waals surface area contributed by atoms with Crippen LogP contribution < -0.4 is 5.32 Å². The van der Waals surface area contributed by atoms with E-state index >= 15 is 0 Å². The number of nitrogens with one attached hydrogen (secondary N) is 1. The normalized spacial score (nSPS) is 26.4. The van der Waals surface area contributed by atoms with Crippen molar-refractivity contribution in [1.82, 2.24) is 4.98 Å². The molecule has 1 saturated carbocycles. The molecule has 0 amide bonds. The lowest BCUT2D eigenvalue weighted by molar-refractivity contribution is 0.757. The standard InChI is InChI=1S/C11H16N2S/c1-14-11-3-2-10(8-11)13-9-4-6-12-7-5-9/h4-7,10-11H,2-3,8H2,1H3,(H,12,13). The summed E-state index contributed by atoms with van der Waals surface area (Å²) in [5, 5.41) is 4.41. The van der Waals surface area contributed by atoms with Gasteiger partial charge in [0.15, 0.2) is 0 Å². The van der Waals surface area contributed by atoms with E-state index in [0.717, 1.165) is 5.25 Å². The fourth-order valence-electron chi connectivity index (χ4n) is 1.97. The molecule has 0 aliphatic heterocycles. The van der Waals surface area contributed by atoms with Crippen LogP contribution in [0.2, 0.25) is 0 Å². The second-order valence-electron chi connectivity index (χ2n) is 3.75. The zero-order valence-electron chi connectivity index (χ0n) is 8.44. The topological polar surface area (TPSA) is 24.9 Å². The number of pyridine rings is 1. The second kappa shape index (κ2) is 4.69. The Morgan fingerprint density at radius 1 is 1.36 bits per heavy atom. The number of aromatic nitrogens is 1. The summed E-state index contributed by atoms with van der Waals surface area (Å²) in [6.45, 7) is 0. The Balaban J connectivity index is 1.88. The lowest BCUT2D eigenvalue weighted by Gasteiger charge is -2.13. The van der Waals surface area contributed by atoms with E-state index in [1.54, 1.807) is 0 Å². The summed E-state index contributed by atoms with van der Waals surface area (Å²) in [4.78, 5) is 4.01. The van der Waals surface area contributed by atoms with Gasteiger partial charge in [0, 0.05) is 29.4 Å². The first kappa shape index (κ1) is 9.84. The van der Waals surface area contributed by atoms with Crippen LogP contribution in [0.5, 0.6) is 0 Å². The van der Waals surface area contributed by atoms with E-state index in [4.69, 9.17) is 0 Å². The molecule has 1 aromatic heterocycles. The van der Waals surface area contributed by atoms with Crippen LogP contribution in [0, 0.1) is 0 Å². The van der Waals surface area contributed by atoms with Gasteiger partial charge >= 0.3 is 0 Å². The molecule has 1 aliphatic carbocycles. The lowest BCUT2D eigenvalue weighted by Crippen LogP contribution is -2.15. The van der Waals surface area contributed by atoms with Crippen LogP contribution in [0.25, 0.3) is 0 Å². The van der Waals surface area contributed by atoms with Gasteiger partial charge in [0.2, 0.25) is 0 Å². The van der Waals surface area contributed by atoms with E-state index in [-0.39, 0.29) is 0 Å². The Kier molecular flexibility index (Phi) is 3.30. The van der Waals surface area contributed by atoms with E-state index in [2.05, 4.69) is 16.6 Å². The van der Waals surface area contributed by atoms with Crippen molar-refractivity contribution in [2.45, 2.75) is 30.6 Å². The molecule has 0 radical (unpaired) electrons. The molecule has 3 heteroatoms. The zero-order chi connectivity index (χ0) is 9.80. The highest BCUT2D eigenvalue weighted by molar-refractivity contribution is 7.99. The second-order valence-corrected chi connectivity index (χ2v) is 4.89. The largest absolute Gasteiger partial charge is 0.382 e. The van der Waals surface area contributed by atoms with Crippen molar-refractivity contribution in [3.8, 4) is 0 Å². The third-order valence-corrected chi connectivity index (χ3v) is 3.86. The van der Waals surface area contributed by atoms with Crippen LogP contribution >= 0.6 is 11.8 Å². The van der Waals surface area contributed by atoms with Gasteiger partial charge in [-0.05, 0) is 37.7 Å². The smallest absolute Gasteiger partial charge is 0.0373 e. The average molecular weight is 208 g/mol. The summed E-state index contributed by atoms with van der Waals surface area (Å²) >= 11 is 1.99. The van der Waals surface area contributed by atoms with Gasteiger partial charge in [-0.2, -0.15) is 11.8 Å². The Hall–Kier alpha value is -0.700. The van der Waals surface area contributed by atoms with Crippen LogP contribution in [-0.2, 0) is 0 Å². The molecule has 2 rings (SSSR count). The summed E-state index contributed by atoms with van der Waals surface area (Å²) in [5.74, 6) is 0. The predicted molar refractivity (Wildman–Crippen MR) is 62.8 cm³/mol. The SMILES string of the molecule is CSC1CCC(Nc2ccncc2)C1.